The minimum atomic E-state index is -1.60. The van der Waals surface area contributed by atoms with E-state index in [1.165, 1.54) is 0 Å². The van der Waals surface area contributed by atoms with Gasteiger partial charge in [0.15, 0.2) is 0 Å². The average Bonchev–Trinajstić information content (AvgIpc) is 2.50. The number of aliphatic hydroxyl groups is 2. The molecule has 0 bridgehead atoms. The van der Waals surface area contributed by atoms with Gasteiger partial charge in [-0.2, -0.15) is 0 Å². The number of esters is 1. The molecule has 17 heavy (non-hydrogen) atoms. The Kier molecular flexibility index (Phi) is 2.75. The van der Waals surface area contributed by atoms with E-state index in [0.717, 1.165) is 0 Å². The third kappa shape index (κ3) is 2.35. The van der Waals surface area contributed by atoms with Crippen molar-refractivity contribution in [1.82, 2.24) is 0 Å². The second-order valence-corrected chi connectivity index (χ2v) is 5.03. The van der Waals surface area contributed by atoms with Crippen LogP contribution in [0.1, 0.15) is 35.7 Å². The van der Waals surface area contributed by atoms with E-state index in [0.29, 0.717) is 17.5 Å². The molecule has 0 aromatic heterocycles. The van der Waals surface area contributed by atoms with Gasteiger partial charge in [0, 0.05) is 17.5 Å². The molecule has 2 N–H and O–H groups in total. The van der Waals surface area contributed by atoms with Crippen molar-refractivity contribution in [3.05, 3.63) is 35.4 Å². The lowest BCUT2D eigenvalue weighted by atomic mass is 9.78. The van der Waals surface area contributed by atoms with Crippen LogP contribution in [0, 0.1) is 0 Å². The summed E-state index contributed by atoms with van der Waals surface area (Å²) in [5, 5.41) is 20.0. The molecule has 1 heterocycles. The van der Waals surface area contributed by atoms with Gasteiger partial charge in [-0.3, -0.25) is 0 Å². The highest BCUT2D eigenvalue weighted by Crippen LogP contribution is 2.38. The standard InChI is InChI=1S/C12H15BO4/c1-11(13,15)6-7-12(16)9-5-3-2-4-8(9)10(14)17-12/h2-5,15-16H,6-7,13H2,1H3. The van der Waals surface area contributed by atoms with E-state index in [4.69, 9.17) is 4.74 Å². The van der Waals surface area contributed by atoms with Crippen molar-refractivity contribution in [2.75, 3.05) is 0 Å². The zero-order valence-electron chi connectivity index (χ0n) is 9.93. The molecule has 2 rings (SSSR count). The minimum Gasteiger partial charge on any atom is -0.425 e. The predicted octanol–water partition coefficient (Wildman–Crippen LogP) is 0.124. The Balaban J connectivity index is 2.26. The Bertz CT molecular complexity index is 452. The Hall–Kier alpha value is -1.33. The quantitative estimate of drug-likeness (QED) is 0.576. The first kappa shape index (κ1) is 12.1. The number of carbonyl (C=O) groups is 1. The molecule has 1 aliphatic heterocycles. The summed E-state index contributed by atoms with van der Waals surface area (Å²) >= 11 is 0. The molecule has 2 unspecified atom stereocenters. The molecule has 1 aliphatic rings. The van der Waals surface area contributed by atoms with Crippen molar-refractivity contribution in [2.24, 2.45) is 0 Å². The van der Waals surface area contributed by atoms with Gasteiger partial charge in [0.05, 0.1) is 5.56 Å². The monoisotopic (exact) mass is 234 g/mol. The molecule has 0 fully saturated rings. The third-order valence-corrected chi connectivity index (χ3v) is 2.91. The van der Waals surface area contributed by atoms with Crippen LogP contribution in [0.5, 0.6) is 0 Å². The second kappa shape index (κ2) is 3.86. The van der Waals surface area contributed by atoms with Crippen molar-refractivity contribution in [2.45, 2.75) is 31.1 Å². The fraction of sp³-hybridized carbons (Fsp3) is 0.417. The molecule has 2 atom stereocenters. The summed E-state index contributed by atoms with van der Waals surface area (Å²) in [6, 6.07) is 6.77. The number of hydrogen-bond acceptors (Lipinski definition) is 4. The van der Waals surface area contributed by atoms with Crippen LogP contribution in [-0.4, -0.2) is 29.5 Å². The SMILES string of the molecule is BC(C)(O)CCC1(O)OC(=O)c2ccccc21. The smallest absolute Gasteiger partial charge is 0.341 e. The van der Waals surface area contributed by atoms with Crippen molar-refractivity contribution in [1.29, 1.82) is 0 Å². The van der Waals surface area contributed by atoms with Gasteiger partial charge in [0.1, 0.15) is 7.85 Å². The van der Waals surface area contributed by atoms with Crippen molar-refractivity contribution >= 4 is 13.8 Å². The number of carbonyl (C=O) groups excluding carboxylic acids is 1. The molecule has 0 aliphatic carbocycles. The molecule has 0 amide bonds. The largest absolute Gasteiger partial charge is 0.425 e. The Morgan fingerprint density at radius 2 is 2.12 bits per heavy atom. The minimum absolute atomic E-state index is 0.180. The highest BCUT2D eigenvalue weighted by atomic mass is 16.7. The normalized spacial score (nSPS) is 26.2. The highest BCUT2D eigenvalue weighted by Gasteiger charge is 2.44. The molecular weight excluding hydrogens is 219 g/mol. The zero-order valence-corrected chi connectivity index (χ0v) is 9.93. The fourth-order valence-electron chi connectivity index (χ4n) is 1.93. The molecule has 0 spiro atoms. The summed E-state index contributed by atoms with van der Waals surface area (Å²) in [6.07, 6.45) is 0.518. The summed E-state index contributed by atoms with van der Waals surface area (Å²) in [5.74, 6) is -2.12. The summed E-state index contributed by atoms with van der Waals surface area (Å²) in [6.45, 7) is 1.65. The lowest BCUT2D eigenvalue weighted by Crippen LogP contribution is -2.32. The topological polar surface area (TPSA) is 66.8 Å². The first-order valence-electron chi connectivity index (χ1n) is 5.59. The van der Waals surface area contributed by atoms with Crippen LogP contribution in [0.25, 0.3) is 0 Å². The van der Waals surface area contributed by atoms with Gasteiger partial charge in [0.25, 0.3) is 0 Å². The molecule has 0 radical (unpaired) electrons. The molecule has 5 heteroatoms. The van der Waals surface area contributed by atoms with E-state index < -0.39 is 17.3 Å². The predicted molar refractivity (Wildman–Crippen MR) is 64.2 cm³/mol. The van der Waals surface area contributed by atoms with Crippen LogP contribution in [0.4, 0.5) is 0 Å². The maximum Gasteiger partial charge on any atom is 0.341 e. The van der Waals surface area contributed by atoms with Crippen LogP contribution in [0.3, 0.4) is 0 Å². The van der Waals surface area contributed by atoms with E-state index in [1.54, 1.807) is 39.0 Å². The molecular formula is C12H15BO4. The third-order valence-electron chi connectivity index (χ3n) is 2.91. The Labute approximate surface area is 101 Å². The molecule has 0 saturated carbocycles. The maximum atomic E-state index is 11.6. The maximum absolute atomic E-state index is 11.6. The lowest BCUT2D eigenvalue weighted by Gasteiger charge is -2.26. The molecule has 90 valence electrons. The van der Waals surface area contributed by atoms with Gasteiger partial charge in [-0.25, -0.2) is 4.79 Å². The Morgan fingerprint density at radius 3 is 2.76 bits per heavy atom. The second-order valence-electron chi connectivity index (χ2n) is 5.03. The van der Waals surface area contributed by atoms with Gasteiger partial charge >= 0.3 is 5.97 Å². The number of cyclic esters (lactones) is 1. The van der Waals surface area contributed by atoms with Gasteiger partial charge in [-0.1, -0.05) is 18.2 Å². The highest BCUT2D eigenvalue weighted by molar-refractivity contribution is 6.13. The molecule has 1 aromatic rings. The van der Waals surface area contributed by atoms with Crippen LogP contribution in [0.2, 0.25) is 0 Å². The van der Waals surface area contributed by atoms with Gasteiger partial charge in [0.2, 0.25) is 5.79 Å². The van der Waals surface area contributed by atoms with E-state index >= 15 is 0 Å². The number of hydrogen-bond donors (Lipinski definition) is 2. The van der Waals surface area contributed by atoms with Crippen LogP contribution >= 0.6 is 0 Å². The summed E-state index contributed by atoms with van der Waals surface area (Å²) < 4.78 is 5.02. The van der Waals surface area contributed by atoms with E-state index in [-0.39, 0.29) is 6.42 Å². The molecule has 4 nitrogen and oxygen atoms in total. The number of ether oxygens (including phenoxy) is 1. The first-order chi connectivity index (χ1) is 7.82. The average molecular weight is 234 g/mol. The molecule has 1 aromatic carbocycles. The van der Waals surface area contributed by atoms with Crippen LogP contribution in [0.15, 0.2) is 24.3 Å². The van der Waals surface area contributed by atoms with Gasteiger partial charge in [-0.15, -0.1) is 0 Å². The van der Waals surface area contributed by atoms with E-state index in [2.05, 4.69) is 0 Å². The summed E-state index contributed by atoms with van der Waals surface area (Å²) in [7, 11) is 1.65. The number of fused-ring (bicyclic) bond motifs is 1. The van der Waals surface area contributed by atoms with Crippen LogP contribution in [-0.2, 0) is 10.5 Å². The van der Waals surface area contributed by atoms with Gasteiger partial charge in [-0.05, 0) is 19.4 Å². The first-order valence-corrected chi connectivity index (χ1v) is 5.59. The fourth-order valence-corrected chi connectivity index (χ4v) is 1.93. The molecule has 0 saturated heterocycles. The van der Waals surface area contributed by atoms with Crippen LogP contribution < -0.4 is 0 Å². The van der Waals surface area contributed by atoms with Crippen molar-refractivity contribution < 1.29 is 19.7 Å². The van der Waals surface area contributed by atoms with E-state index in [9.17, 15) is 15.0 Å². The van der Waals surface area contributed by atoms with E-state index in [1.807, 2.05) is 0 Å². The number of benzene rings is 1. The lowest BCUT2D eigenvalue weighted by molar-refractivity contribution is -0.172. The van der Waals surface area contributed by atoms with Gasteiger partial charge < -0.3 is 14.9 Å². The van der Waals surface area contributed by atoms with Crippen molar-refractivity contribution in [3.63, 3.8) is 0 Å². The summed E-state index contributed by atoms with van der Waals surface area (Å²) in [4.78, 5) is 11.6. The Morgan fingerprint density at radius 1 is 1.47 bits per heavy atom. The number of rotatable bonds is 3. The van der Waals surface area contributed by atoms with Crippen molar-refractivity contribution in [3.8, 4) is 0 Å². The summed E-state index contributed by atoms with van der Waals surface area (Å²) in [5.41, 5.74) is -0.0281. The zero-order chi connectivity index (χ0) is 12.7.